The zero-order valence-corrected chi connectivity index (χ0v) is 11.0. The zero-order valence-electron chi connectivity index (χ0n) is 11.0. The molecule has 0 aliphatic carbocycles. The summed E-state index contributed by atoms with van der Waals surface area (Å²) in [5.41, 5.74) is 1.28. The van der Waals surface area contributed by atoms with Gasteiger partial charge < -0.3 is 10.1 Å². The molecular formula is C14H18N4O. The summed E-state index contributed by atoms with van der Waals surface area (Å²) in [5.74, 6) is 2.43. The Hall–Kier alpha value is -1.88. The Balaban J connectivity index is 1.82. The van der Waals surface area contributed by atoms with E-state index >= 15 is 0 Å². The number of nitrogens with one attached hydrogen (secondary N) is 1. The monoisotopic (exact) mass is 258 g/mol. The van der Waals surface area contributed by atoms with Crippen LogP contribution in [0.3, 0.4) is 0 Å². The van der Waals surface area contributed by atoms with Crippen LogP contribution in [-0.4, -0.2) is 28.4 Å². The molecule has 0 saturated carbocycles. The fourth-order valence-electron chi connectivity index (χ4n) is 2.55. The standard InChI is InChI=1S/C14H18N4O/c1-15-8-14-16-10-17-18(14)9-11-6-7-19-13-5-3-2-4-12(11)13/h2-5,10-11,15H,6-9H2,1H3. The van der Waals surface area contributed by atoms with E-state index < -0.39 is 0 Å². The van der Waals surface area contributed by atoms with Gasteiger partial charge in [0, 0.05) is 5.92 Å². The maximum atomic E-state index is 5.69. The van der Waals surface area contributed by atoms with Gasteiger partial charge in [-0.15, -0.1) is 0 Å². The van der Waals surface area contributed by atoms with Crippen molar-refractivity contribution < 1.29 is 4.74 Å². The summed E-state index contributed by atoms with van der Waals surface area (Å²) in [5, 5.41) is 7.45. The molecule has 5 nitrogen and oxygen atoms in total. The fraction of sp³-hybridized carbons (Fsp3) is 0.429. The lowest BCUT2D eigenvalue weighted by molar-refractivity contribution is 0.255. The van der Waals surface area contributed by atoms with Crippen LogP contribution in [-0.2, 0) is 13.1 Å². The maximum Gasteiger partial charge on any atom is 0.140 e. The highest BCUT2D eigenvalue weighted by molar-refractivity contribution is 5.37. The van der Waals surface area contributed by atoms with Crippen LogP contribution in [0.5, 0.6) is 5.75 Å². The van der Waals surface area contributed by atoms with Crippen LogP contribution in [0.15, 0.2) is 30.6 Å². The Morgan fingerprint density at radius 1 is 1.42 bits per heavy atom. The predicted octanol–water partition coefficient (Wildman–Crippen LogP) is 1.56. The van der Waals surface area contributed by atoms with E-state index in [1.54, 1.807) is 6.33 Å². The minimum Gasteiger partial charge on any atom is -0.493 e. The predicted molar refractivity (Wildman–Crippen MR) is 72.1 cm³/mol. The molecule has 1 aliphatic heterocycles. The van der Waals surface area contributed by atoms with Crippen molar-refractivity contribution in [2.75, 3.05) is 13.7 Å². The molecule has 1 atom stereocenters. The topological polar surface area (TPSA) is 52.0 Å². The quantitative estimate of drug-likeness (QED) is 0.904. The molecule has 19 heavy (non-hydrogen) atoms. The smallest absolute Gasteiger partial charge is 0.140 e. The Morgan fingerprint density at radius 3 is 3.21 bits per heavy atom. The van der Waals surface area contributed by atoms with Crippen LogP contribution in [0.1, 0.15) is 23.7 Å². The highest BCUT2D eigenvalue weighted by Gasteiger charge is 2.22. The molecule has 0 spiro atoms. The first-order valence-corrected chi connectivity index (χ1v) is 6.61. The third kappa shape index (κ3) is 2.46. The summed E-state index contributed by atoms with van der Waals surface area (Å²) in [6.45, 7) is 2.37. The third-order valence-electron chi connectivity index (χ3n) is 3.51. The van der Waals surface area contributed by atoms with Crippen molar-refractivity contribution in [3.05, 3.63) is 42.0 Å². The lowest BCUT2D eigenvalue weighted by Gasteiger charge is -2.26. The Kier molecular flexibility index (Phi) is 3.46. The summed E-state index contributed by atoms with van der Waals surface area (Å²) in [6, 6.07) is 8.27. The van der Waals surface area contributed by atoms with E-state index in [2.05, 4.69) is 27.5 Å². The van der Waals surface area contributed by atoms with Gasteiger partial charge in [0.15, 0.2) is 0 Å². The molecule has 1 aromatic heterocycles. The van der Waals surface area contributed by atoms with Gasteiger partial charge >= 0.3 is 0 Å². The minimum absolute atomic E-state index is 0.447. The zero-order chi connectivity index (χ0) is 13.1. The SMILES string of the molecule is CNCc1ncnn1CC1CCOc2ccccc21. The van der Waals surface area contributed by atoms with Crippen LogP contribution < -0.4 is 10.1 Å². The second-order valence-electron chi connectivity index (χ2n) is 4.76. The number of aromatic nitrogens is 3. The molecule has 1 aliphatic rings. The molecule has 2 aromatic rings. The summed E-state index contributed by atoms with van der Waals surface area (Å²) < 4.78 is 7.68. The van der Waals surface area contributed by atoms with Crippen LogP contribution in [0.2, 0.25) is 0 Å². The summed E-state index contributed by atoms with van der Waals surface area (Å²) >= 11 is 0. The van der Waals surface area contributed by atoms with E-state index in [9.17, 15) is 0 Å². The van der Waals surface area contributed by atoms with Crippen molar-refractivity contribution in [3.63, 3.8) is 0 Å². The molecule has 100 valence electrons. The summed E-state index contributed by atoms with van der Waals surface area (Å²) in [7, 11) is 1.92. The van der Waals surface area contributed by atoms with Crippen molar-refractivity contribution in [3.8, 4) is 5.75 Å². The average Bonchev–Trinajstić information content (AvgIpc) is 2.87. The van der Waals surface area contributed by atoms with E-state index in [-0.39, 0.29) is 0 Å². The Bertz CT molecular complexity index is 552. The van der Waals surface area contributed by atoms with Crippen molar-refractivity contribution in [1.82, 2.24) is 20.1 Å². The second kappa shape index (κ2) is 5.40. The maximum absolute atomic E-state index is 5.69. The van der Waals surface area contributed by atoms with Crippen LogP contribution in [0, 0.1) is 0 Å². The van der Waals surface area contributed by atoms with Gasteiger partial charge in [0.2, 0.25) is 0 Å². The number of fused-ring (bicyclic) bond motifs is 1. The molecule has 0 amide bonds. The molecule has 0 fully saturated rings. The van der Waals surface area contributed by atoms with Gasteiger partial charge in [-0.1, -0.05) is 18.2 Å². The molecular weight excluding hydrogens is 240 g/mol. The van der Waals surface area contributed by atoms with Crippen LogP contribution >= 0.6 is 0 Å². The fourth-order valence-corrected chi connectivity index (χ4v) is 2.55. The number of para-hydroxylation sites is 1. The number of ether oxygens (including phenoxy) is 1. The first-order chi connectivity index (χ1) is 9.38. The van der Waals surface area contributed by atoms with Gasteiger partial charge in [-0.3, -0.25) is 0 Å². The van der Waals surface area contributed by atoms with Gasteiger partial charge in [0.1, 0.15) is 17.9 Å². The van der Waals surface area contributed by atoms with E-state index in [0.29, 0.717) is 5.92 Å². The van der Waals surface area contributed by atoms with Crippen LogP contribution in [0.25, 0.3) is 0 Å². The highest BCUT2D eigenvalue weighted by Crippen LogP contribution is 2.34. The summed E-state index contributed by atoms with van der Waals surface area (Å²) in [6.07, 6.45) is 2.65. The van der Waals surface area contributed by atoms with E-state index in [4.69, 9.17) is 4.74 Å². The van der Waals surface area contributed by atoms with Gasteiger partial charge in [-0.25, -0.2) is 9.67 Å². The lowest BCUT2D eigenvalue weighted by Crippen LogP contribution is -2.21. The molecule has 3 rings (SSSR count). The molecule has 0 bridgehead atoms. The van der Waals surface area contributed by atoms with E-state index in [0.717, 1.165) is 37.7 Å². The molecule has 1 aromatic carbocycles. The third-order valence-corrected chi connectivity index (χ3v) is 3.51. The van der Waals surface area contributed by atoms with Crippen molar-refractivity contribution in [1.29, 1.82) is 0 Å². The Morgan fingerprint density at radius 2 is 2.32 bits per heavy atom. The van der Waals surface area contributed by atoms with Crippen molar-refractivity contribution in [2.45, 2.75) is 25.4 Å². The summed E-state index contributed by atoms with van der Waals surface area (Å²) in [4.78, 5) is 4.29. The lowest BCUT2D eigenvalue weighted by atomic mass is 9.93. The molecule has 1 unspecified atom stereocenters. The molecule has 5 heteroatoms. The number of benzene rings is 1. The van der Waals surface area contributed by atoms with Gasteiger partial charge in [0.25, 0.3) is 0 Å². The number of hydrogen-bond donors (Lipinski definition) is 1. The van der Waals surface area contributed by atoms with E-state index in [1.807, 2.05) is 23.9 Å². The van der Waals surface area contributed by atoms with Crippen LogP contribution in [0.4, 0.5) is 0 Å². The number of rotatable bonds is 4. The van der Waals surface area contributed by atoms with Gasteiger partial charge in [-0.05, 0) is 25.1 Å². The number of hydrogen-bond acceptors (Lipinski definition) is 4. The largest absolute Gasteiger partial charge is 0.493 e. The first-order valence-electron chi connectivity index (χ1n) is 6.61. The van der Waals surface area contributed by atoms with E-state index in [1.165, 1.54) is 5.56 Å². The normalized spacial score (nSPS) is 17.8. The minimum atomic E-state index is 0.447. The highest BCUT2D eigenvalue weighted by atomic mass is 16.5. The molecule has 1 N–H and O–H groups in total. The van der Waals surface area contributed by atoms with Crippen molar-refractivity contribution in [2.24, 2.45) is 0 Å². The molecule has 0 saturated heterocycles. The van der Waals surface area contributed by atoms with Gasteiger partial charge in [0.05, 0.1) is 19.7 Å². The van der Waals surface area contributed by atoms with Gasteiger partial charge in [-0.2, -0.15) is 5.10 Å². The first kappa shape index (κ1) is 12.2. The number of nitrogens with zero attached hydrogens (tertiary/aromatic N) is 3. The average molecular weight is 258 g/mol. The molecule has 0 radical (unpaired) electrons. The second-order valence-corrected chi connectivity index (χ2v) is 4.76. The van der Waals surface area contributed by atoms with Crippen molar-refractivity contribution >= 4 is 0 Å². The Labute approximate surface area is 112 Å². The molecule has 2 heterocycles.